The van der Waals surface area contributed by atoms with Gasteiger partial charge in [0.25, 0.3) is 0 Å². The summed E-state index contributed by atoms with van der Waals surface area (Å²) >= 11 is 0. The van der Waals surface area contributed by atoms with E-state index < -0.39 is 50.5 Å². The maximum atomic E-state index is 13.3. The number of hydrogen-bond acceptors (Lipinski definition) is 4. The van der Waals surface area contributed by atoms with Gasteiger partial charge in [0.2, 0.25) is 10.0 Å². The van der Waals surface area contributed by atoms with E-state index in [4.69, 9.17) is 0 Å². The summed E-state index contributed by atoms with van der Waals surface area (Å²) in [5, 5.41) is 5.39. The van der Waals surface area contributed by atoms with E-state index in [9.17, 15) is 39.6 Å². The van der Waals surface area contributed by atoms with E-state index in [0.29, 0.717) is 12.8 Å². The fourth-order valence-corrected chi connectivity index (χ4v) is 5.27. The summed E-state index contributed by atoms with van der Waals surface area (Å²) in [6, 6.07) is 2.24. The first-order chi connectivity index (χ1) is 16.3. The number of aromatic nitrogens is 1. The molecule has 1 aromatic carbocycles. The SMILES string of the molecule is O=C(NCc1cccnc1)N[C@H]1CC[C@H](NS(=O)(=O)c2cc(C(F)(F)F)ccc2C(F)(F)F)CC1. The Morgan fingerprint density at radius 1 is 0.971 bits per heavy atom. The molecule has 1 aromatic heterocycles. The lowest BCUT2D eigenvalue weighted by molar-refractivity contribution is -0.143. The van der Waals surface area contributed by atoms with Crippen molar-refractivity contribution in [1.82, 2.24) is 20.3 Å². The Morgan fingerprint density at radius 2 is 1.63 bits per heavy atom. The van der Waals surface area contributed by atoms with Gasteiger partial charge in [-0.25, -0.2) is 17.9 Å². The number of carbonyl (C=O) groups is 1. The van der Waals surface area contributed by atoms with Crippen LogP contribution < -0.4 is 15.4 Å². The molecule has 0 radical (unpaired) electrons. The lowest BCUT2D eigenvalue weighted by atomic mass is 9.92. The van der Waals surface area contributed by atoms with Crippen molar-refractivity contribution in [2.75, 3.05) is 0 Å². The minimum atomic E-state index is -5.17. The molecule has 0 spiro atoms. The first-order valence-corrected chi connectivity index (χ1v) is 12.0. The zero-order chi connectivity index (χ0) is 25.9. The number of nitrogens with one attached hydrogen (secondary N) is 3. The minimum absolute atomic E-state index is 0.00899. The molecule has 0 atom stereocenters. The molecule has 35 heavy (non-hydrogen) atoms. The Kier molecular flexibility index (Phi) is 7.94. The number of benzene rings is 1. The average Bonchev–Trinajstić information content (AvgIpc) is 2.78. The fraction of sp³-hybridized carbons (Fsp3) is 0.429. The number of nitrogens with zero attached hydrogens (tertiary/aromatic N) is 1. The van der Waals surface area contributed by atoms with Crippen molar-refractivity contribution in [3.05, 3.63) is 59.4 Å². The van der Waals surface area contributed by atoms with Crippen LogP contribution in [0.15, 0.2) is 47.6 Å². The van der Waals surface area contributed by atoms with Crippen LogP contribution in [0.5, 0.6) is 0 Å². The maximum absolute atomic E-state index is 13.3. The van der Waals surface area contributed by atoms with Crippen LogP contribution in [0, 0.1) is 0 Å². The van der Waals surface area contributed by atoms with Crippen LogP contribution in [0.1, 0.15) is 42.4 Å². The molecular weight excluding hydrogens is 502 g/mol. The minimum Gasteiger partial charge on any atom is -0.335 e. The molecule has 0 aliphatic heterocycles. The summed E-state index contributed by atoms with van der Waals surface area (Å²) in [4.78, 5) is 14.5. The zero-order valence-electron chi connectivity index (χ0n) is 18.1. The van der Waals surface area contributed by atoms with Gasteiger partial charge in [0.15, 0.2) is 0 Å². The van der Waals surface area contributed by atoms with E-state index in [-0.39, 0.29) is 43.6 Å². The molecule has 192 valence electrons. The van der Waals surface area contributed by atoms with Crippen LogP contribution in [0.2, 0.25) is 0 Å². The molecule has 2 amide bonds. The van der Waals surface area contributed by atoms with E-state index >= 15 is 0 Å². The molecular formula is C21H22F6N4O3S. The monoisotopic (exact) mass is 524 g/mol. The Hall–Kier alpha value is -2.87. The van der Waals surface area contributed by atoms with Crippen LogP contribution in [-0.2, 0) is 28.9 Å². The Balaban J connectivity index is 1.61. The van der Waals surface area contributed by atoms with Gasteiger partial charge < -0.3 is 10.6 Å². The van der Waals surface area contributed by atoms with Crippen molar-refractivity contribution in [2.45, 2.75) is 61.6 Å². The molecule has 1 fully saturated rings. The van der Waals surface area contributed by atoms with Crippen molar-refractivity contribution in [3.63, 3.8) is 0 Å². The third-order valence-electron chi connectivity index (χ3n) is 5.46. The summed E-state index contributed by atoms with van der Waals surface area (Å²) in [6.45, 7) is 0.243. The second kappa shape index (κ2) is 10.4. The highest BCUT2D eigenvalue weighted by molar-refractivity contribution is 7.89. The standard InChI is InChI=1S/C21H22F6N4O3S/c22-20(23,24)14-3-8-17(21(25,26)27)18(10-14)35(33,34)31-16-6-4-15(5-7-16)30-19(32)29-12-13-2-1-9-28-11-13/h1-3,8-11,15-16,31H,4-7,12H2,(H2,29,30,32)/t15-,16-. The molecule has 1 aliphatic rings. The van der Waals surface area contributed by atoms with Crippen molar-refractivity contribution in [1.29, 1.82) is 0 Å². The van der Waals surface area contributed by atoms with E-state index in [2.05, 4.69) is 20.3 Å². The third kappa shape index (κ3) is 7.31. The predicted molar refractivity (Wildman–Crippen MR) is 112 cm³/mol. The van der Waals surface area contributed by atoms with Gasteiger partial charge in [0, 0.05) is 31.0 Å². The van der Waals surface area contributed by atoms with Crippen LogP contribution >= 0.6 is 0 Å². The molecule has 7 nitrogen and oxygen atoms in total. The first kappa shape index (κ1) is 26.7. The van der Waals surface area contributed by atoms with Crippen molar-refractivity contribution in [2.24, 2.45) is 0 Å². The number of pyridine rings is 1. The maximum Gasteiger partial charge on any atom is 0.417 e. The Labute approximate surface area is 197 Å². The topological polar surface area (TPSA) is 100 Å². The average molecular weight is 524 g/mol. The number of rotatable bonds is 6. The molecule has 0 unspecified atom stereocenters. The normalized spacial score (nSPS) is 19.3. The van der Waals surface area contributed by atoms with E-state index in [1.165, 1.54) is 0 Å². The summed E-state index contributed by atoms with van der Waals surface area (Å²) in [5.41, 5.74) is -2.40. The van der Waals surface area contributed by atoms with Crippen LogP contribution in [0.4, 0.5) is 31.1 Å². The van der Waals surface area contributed by atoms with Gasteiger partial charge in [0.05, 0.1) is 16.0 Å². The fourth-order valence-electron chi connectivity index (χ4n) is 3.72. The van der Waals surface area contributed by atoms with Crippen LogP contribution in [0.25, 0.3) is 0 Å². The number of halogens is 6. The van der Waals surface area contributed by atoms with Crippen molar-refractivity contribution >= 4 is 16.1 Å². The van der Waals surface area contributed by atoms with Gasteiger partial charge in [-0.15, -0.1) is 0 Å². The molecule has 2 aromatic rings. The Morgan fingerprint density at radius 3 is 2.20 bits per heavy atom. The van der Waals surface area contributed by atoms with Gasteiger partial charge in [-0.05, 0) is 55.5 Å². The van der Waals surface area contributed by atoms with E-state index in [1.807, 2.05) is 0 Å². The number of amides is 2. The molecule has 1 heterocycles. The van der Waals surface area contributed by atoms with Crippen molar-refractivity contribution in [3.8, 4) is 0 Å². The smallest absolute Gasteiger partial charge is 0.335 e. The highest BCUT2D eigenvalue weighted by Crippen LogP contribution is 2.38. The van der Waals surface area contributed by atoms with E-state index in [1.54, 1.807) is 24.5 Å². The van der Waals surface area contributed by atoms with Gasteiger partial charge >= 0.3 is 18.4 Å². The molecule has 0 saturated heterocycles. The number of alkyl halides is 6. The summed E-state index contributed by atoms with van der Waals surface area (Å²) < 4.78 is 106. The van der Waals surface area contributed by atoms with Gasteiger partial charge in [-0.1, -0.05) is 6.07 Å². The number of sulfonamides is 1. The highest BCUT2D eigenvalue weighted by Gasteiger charge is 2.41. The molecule has 1 aliphatic carbocycles. The number of urea groups is 1. The molecule has 3 rings (SSSR count). The number of hydrogen-bond donors (Lipinski definition) is 3. The molecule has 3 N–H and O–H groups in total. The predicted octanol–water partition coefficient (Wildman–Crippen LogP) is 4.21. The first-order valence-electron chi connectivity index (χ1n) is 10.5. The summed E-state index contributed by atoms with van der Waals surface area (Å²) in [5.74, 6) is 0. The zero-order valence-corrected chi connectivity index (χ0v) is 18.9. The van der Waals surface area contributed by atoms with Crippen molar-refractivity contribution < 1.29 is 39.6 Å². The quantitative estimate of drug-likeness (QED) is 0.493. The second-order valence-electron chi connectivity index (χ2n) is 8.06. The van der Waals surface area contributed by atoms with Gasteiger partial charge in [0.1, 0.15) is 0 Å². The third-order valence-corrected chi connectivity index (χ3v) is 7.02. The van der Waals surface area contributed by atoms with Crippen LogP contribution in [-0.4, -0.2) is 31.5 Å². The lowest BCUT2D eigenvalue weighted by Crippen LogP contribution is -2.46. The molecule has 0 bridgehead atoms. The highest BCUT2D eigenvalue weighted by atomic mass is 32.2. The second-order valence-corrected chi connectivity index (χ2v) is 9.75. The Bertz CT molecular complexity index is 1130. The van der Waals surface area contributed by atoms with Gasteiger partial charge in [-0.3, -0.25) is 4.98 Å². The molecule has 14 heteroatoms. The van der Waals surface area contributed by atoms with Crippen LogP contribution in [0.3, 0.4) is 0 Å². The summed E-state index contributed by atoms with van der Waals surface area (Å²) in [6.07, 6.45) is -6.02. The number of carbonyl (C=O) groups excluding carboxylic acids is 1. The lowest BCUT2D eigenvalue weighted by Gasteiger charge is -2.30. The molecule has 1 saturated carbocycles. The van der Waals surface area contributed by atoms with Gasteiger partial charge in [-0.2, -0.15) is 26.3 Å². The largest absolute Gasteiger partial charge is 0.417 e. The van der Waals surface area contributed by atoms with E-state index in [0.717, 1.165) is 5.56 Å². The summed E-state index contributed by atoms with van der Waals surface area (Å²) in [7, 11) is -4.91.